The number of carbonyl (C=O) groups is 2. The van der Waals surface area contributed by atoms with Gasteiger partial charge in [-0.3, -0.25) is 9.59 Å². The van der Waals surface area contributed by atoms with Gasteiger partial charge in [0, 0.05) is 5.41 Å². The number of nitrogens with one attached hydrogen (secondary N) is 1. The predicted molar refractivity (Wildman–Crippen MR) is 104 cm³/mol. The molecule has 0 saturated heterocycles. The number of carbonyl (C=O) groups excluding carboxylic acids is 2. The molecule has 26 heavy (non-hydrogen) atoms. The van der Waals surface area contributed by atoms with Gasteiger partial charge >= 0.3 is 5.97 Å². The number of benzene rings is 1. The molecule has 1 amide bonds. The van der Waals surface area contributed by atoms with E-state index in [0.717, 1.165) is 16.1 Å². The number of hydrogen-bond acceptors (Lipinski definition) is 5. The van der Waals surface area contributed by atoms with E-state index >= 15 is 0 Å². The monoisotopic (exact) mass is 374 g/mol. The summed E-state index contributed by atoms with van der Waals surface area (Å²) in [5, 5.41) is 3.89. The maximum atomic E-state index is 12.8. The summed E-state index contributed by atoms with van der Waals surface area (Å²) < 4.78 is 4.79. The number of methoxy groups -OCH3 is 1. The Morgan fingerprint density at radius 3 is 2.31 bits per heavy atom. The summed E-state index contributed by atoms with van der Waals surface area (Å²) in [5.74, 6) is -0.586. The minimum atomic E-state index is -0.449. The minimum Gasteiger partial charge on any atom is -0.469 e. The summed E-state index contributed by atoms with van der Waals surface area (Å²) in [5.41, 5.74) is 2.58. The molecule has 2 aromatic rings. The van der Waals surface area contributed by atoms with Crippen LogP contribution in [0.4, 0.5) is 0 Å². The Bertz CT molecular complexity index is 788. The van der Waals surface area contributed by atoms with Crippen LogP contribution >= 0.6 is 11.3 Å². The molecule has 0 bridgehead atoms. The fourth-order valence-electron chi connectivity index (χ4n) is 2.45. The van der Waals surface area contributed by atoms with Crippen LogP contribution in [0.15, 0.2) is 24.3 Å². The third-order valence-corrected chi connectivity index (χ3v) is 5.61. The van der Waals surface area contributed by atoms with Crippen LogP contribution in [-0.2, 0) is 14.9 Å². The smallest absolute Gasteiger partial charge is 0.307 e. The van der Waals surface area contributed by atoms with Gasteiger partial charge in [-0.2, -0.15) is 0 Å². The number of ether oxygens (including phenoxy) is 1. The first-order chi connectivity index (χ1) is 12.1. The molecule has 140 valence electrons. The molecular weight excluding hydrogens is 348 g/mol. The van der Waals surface area contributed by atoms with Crippen molar-refractivity contribution in [2.45, 2.75) is 52.5 Å². The Kier molecular flexibility index (Phi) is 6.18. The molecule has 0 aliphatic heterocycles. The number of aromatic nitrogens is 1. The number of amides is 1. The average molecular weight is 375 g/mol. The summed E-state index contributed by atoms with van der Waals surface area (Å²) >= 11 is 1.40. The molecule has 0 saturated carbocycles. The summed E-state index contributed by atoms with van der Waals surface area (Å²) in [4.78, 5) is 29.8. The van der Waals surface area contributed by atoms with E-state index in [9.17, 15) is 9.59 Å². The zero-order chi connectivity index (χ0) is 19.5. The topological polar surface area (TPSA) is 68.3 Å². The minimum absolute atomic E-state index is 0.0787. The molecule has 1 atom stereocenters. The van der Waals surface area contributed by atoms with E-state index in [1.54, 1.807) is 0 Å². The van der Waals surface area contributed by atoms with E-state index in [1.807, 2.05) is 38.1 Å². The van der Waals surface area contributed by atoms with Gasteiger partial charge in [-0.05, 0) is 19.4 Å². The molecule has 0 spiro atoms. The normalized spacial score (nSPS) is 12.5. The van der Waals surface area contributed by atoms with E-state index in [1.165, 1.54) is 18.4 Å². The quantitative estimate of drug-likeness (QED) is 0.800. The molecule has 0 fully saturated rings. The van der Waals surface area contributed by atoms with Crippen LogP contribution in [0.25, 0.3) is 0 Å². The van der Waals surface area contributed by atoms with Gasteiger partial charge in [-0.15, -0.1) is 11.3 Å². The summed E-state index contributed by atoms with van der Waals surface area (Å²) in [7, 11) is 1.35. The molecule has 1 aromatic carbocycles. The number of nitrogens with zero attached hydrogens (tertiary/aromatic N) is 1. The van der Waals surface area contributed by atoms with E-state index in [2.05, 4.69) is 31.1 Å². The van der Waals surface area contributed by atoms with Crippen molar-refractivity contribution < 1.29 is 14.3 Å². The zero-order valence-electron chi connectivity index (χ0n) is 16.2. The van der Waals surface area contributed by atoms with E-state index in [-0.39, 0.29) is 23.7 Å². The fraction of sp³-hybridized carbons (Fsp3) is 0.450. The molecule has 5 nitrogen and oxygen atoms in total. The Hall–Kier alpha value is -2.21. The third kappa shape index (κ3) is 4.91. The van der Waals surface area contributed by atoms with E-state index in [0.29, 0.717) is 10.6 Å². The van der Waals surface area contributed by atoms with Crippen LogP contribution in [0.1, 0.15) is 64.7 Å². The predicted octanol–water partition coefficient (Wildman–Crippen LogP) is 4.09. The van der Waals surface area contributed by atoms with Crippen molar-refractivity contribution >= 4 is 23.2 Å². The molecule has 2 rings (SSSR count). The van der Waals surface area contributed by atoms with Gasteiger partial charge in [-0.25, -0.2) is 4.98 Å². The lowest BCUT2D eigenvalue weighted by Crippen LogP contribution is -2.30. The number of hydrogen-bond donors (Lipinski definition) is 1. The highest BCUT2D eigenvalue weighted by atomic mass is 32.1. The van der Waals surface area contributed by atoms with E-state index in [4.69, 9.17) is 4.74 Å². The standard InChI is InChI=1S/C20H26N2O3S/c1-12-7-9-14(10-8-12)15(11-16(23)25-6)22-18(24)17-13(2)21-19(26-17)20(3,4)5/h7-10,15H,11H2,1-6H3,(H,22,24). The lowest BCUT2D eigenvalue weighted by Gasteiger charge is -2.18. The van der Waals surface area contributed by atoms with Crippen LogP contribution in [0.3, 0.4) is 0 Å². The number of aryl methyl sites for hydroxylation is 2. The lowest BCUT2D eigenvalue weighted by molar-refractivity contribution is -0.141. The molecule has 0 aliphatic carbocycles. The Morgan fingerprint density at radius 1 is 1.19 bits per heavy atom. The highest BCUT2D eigenvalue weighted by Crippen LogP contribution is 2.30. The van der Waals surface area contributed by atoms with Crippen molar-refractivity contribution in [1.29, 1.82) is 0 Å². The third-order valence-electron chi connectivity index (χ3n) is 4.03. The van der Waals surface area contributed by atoms with Gasteiger partial charge in [0.05, 0.1) is 30.3 Å². The van der Waals surface area contributed by atoms with Crippen molar-refractivity contribution in [3.63, 3.8) is 0 Å². The van der Waals surface area contributed by atoms with Crippen molar-refractivity contribution in [1.82, 2.24) is 10.3 Å². The highest BCUT2D eigenvalue weighted by molar-refractivity contribution is 7.14. The number of thiazole rings is 1. The van der Waals surface area contributed by atoms with Crippen LogP contribution in [0.5, 0.6) is 0 Å². The Labute approximate surface area is 158 Å². The molecular formula is C20H26N2O3S. The van der Waals surface area contributed by atoms with Gasteiger partial charge in [0.1, 0.15) is 4.88 Å². The molecule has 6 heteroatoms. The average Bonchev–Trinajstić information content (AvgIpc) is 2.97. The van der Waals surface area contributed by atoms with Gasteiger partial charge in [-0.1, -0.05) is 50.6 Å². The van der Waals surface area contributed by atoms with Crippen molar-refractivity contribution in [3.8, 4) is 0 Å². The molecule has 0 radical (unpaired) electrons. The summed E-state index contributed by atoms with van der Waals surface area (Å²) in [6, 6.07) is 7.31. The van der Waals surface area contributed by atoms with Crippen molar-refractivity contribution in [3.05, 3.63) is 51.0 Å². The zero-order valence-corrected chi connectivity index (χ0v) is 17.0. The molecule has 1 heterocycles. The molecule has 0 aliphatic rings. The van der Waals surface area contributed by atoms with Crippen LogP contribution in [0.2, 0.25) is 0 Å². The molecule has 1 aromatic heterocycles. The SMILES string of the molecule is COC(=O)CC(NC(=O)c1sc(C(C)(C)C)nc1C)c1ccc(C)cc1. The maximum absolute atomic E-state index is 12.8. The van der Waals surface area contributed by atoms with Gasteiger partial charge in [0.2, 0.25) is 0 Å². The fourth-order valence-corrected chi connectivity index (χ4v) is 3.48. The lowest BCUT2D eigenvalue weighted by atomic mass is 9.98. The first-order valence-corrected chi connectivity index (χ1v) is 9.35. The molecule has 1 unspecified atom stereocenters. The van der Waals surface area contributed by atoms with Crippen LogP contribution in [-0.4, -0.2) is 24.0 Å². The van der Waals surface area contributed by atoms with E-state index < -0.39 is 6.04 Å². The van der Waals surface area contributed by atoms with Gasteiger partial charge in [0.25, 0.3) is 5.91 Å². The summed E-state index contributed by atoms with van der Waals surface area (Å²) in [6.07, 6.45) is 0.0787. The highest BCUT2D eigenvalue weighted by Gasteiger charge is 2.25. The van der Waals surface area contributed by atoms with Crippen LogP contribution < -0.4 is 5.32 Å². The first kappa shape index (κ1) is 20.1. The first-order valence-electron chi connectivity index (χ1n) is 8.54. The van der Waals surface area contributed by atoms with Crippen molar-refractivity contribution in [2.24, 2.45) is 0 Å². The molecule has 1 N–H and O–H groups in total. The van der Waals surface area contributed by atoms with Gasteiger partial charge < -0.3 is 10.1 Å². The van der Waals surface area contributed by atoms with Gasteiger partial charge in [0.15, 0.2) is 0 Å². The number of rotatable bonds is 5. The largest absolute Gasteiger partial charge is 0.469 e. The van der Waals surface area contributed by atoms with Crippen molar-refractivity contribution in [2.75, 3.05) is 7.11 Å². The Morgan fingerprint density at radius 2 is 1.81 bits per heavy atom. The second kappa shape index (κ2) is 7.99. The second-order valence-electron chi connectivity index (χ2n) is 7.40. The van der Waals surface area contributed by atoms with Crippen LogP contribution in [0, 0.1) is 13.8 Å². The Balaban J connectivity index is 2.27. The summed E-state index contributed by atoms with van der Waals surface area (Å²) in [6.45, 7) is 10.0. The maximum Gasteiger partial charge on any atom is 0.307 e. The number of esters is 1. The second-order valence-corrected chi connectivity index (χ2v) is 8.40.